The van der Waals surface area contributed by atoms with Crippen LogP contribution in [0.3, 0.4) is 0 Å². The Morgan fingerprint density at radius 3 is 2.50 bits per heavy atom. The zero-order valence-electron chi connectivity index (χ0n) is 15.1. The molecule has 3 heterocycles. The Bertz CT molecular complexity index is 540. The molecule has 5 nitrogen and oxygen atoms in total. The summed E-state index contributed by atoms with van der Waals surface area (Å²) in [6.45, 7) is 4.94. The van der Waals surface area contributed by atoms with E-state index in [-0.39, 0.29) is 24.0 Å². The molecular weight excluding hydrogens is 433 g/mol. The third kappa shape index (κ3) is 4.60. The van der Waals surface area contributed by atoms with Gasteiger partial charge in [0.1, 0.15) is 5.01 Å². The summed E-state index contributed by atoms with van der Waals surface area (Å²) in [4.78, 5) is 12.9. The van der Waals surface area contributed by atoms with Gasteiger partial charge in [0.05, 0.1) is 12.2 Å². The molecule has 0 spiro atoms. The second-order valence-electron chi connectivity index (χ2n) is 6.89. The fourth-order valence-electron chi connectivity index (χ4n) is 3.90. The molecule has 0 aromatic carbocycles. The quantitative estimate of drug-likeness (QED) is 0.411. The molecule has 2 aliphatic rings. The molecule has 2 atom stereocenters. The van der Waals surface area contributed by atoms with E-state index in [1.54, 1.807) is 11.3 Å². The molecule has 2 saturated heterocycles. The van der Waals surface area contributed by atoms with Gasteiger partial charge in [-0.2, -0.15) is 0 Å². The average molecular weight is 463 g/mol. The van der Waals surface area contributed by atoms with Crippen molar-refractivity contribution in [3.8, 4) is 0 Å². The molecule has 136 valence electrons. The Morgan fingerprint density at radius 2 is 1.96 bits per heavy atom. The van der Waals surface area contributed by atoms with Crippen LogP contribution >= 0.6 is 35.3 Å². The van der Waals surface area contributed by atoms with Crippen molar-refractivity contribution in [2.24, 2.45) is 4.99 Å². The van der Waals surface area contributed by atoms with E-state index in [4.69, 9.17) is 0 Å². The zero-order chi connectivity index (χ0) is 16.4. The highest BCUT2D eigenvalue weighted by Crippen LogP contribution is 2.32. The number of hydrogen-bond donors (Lipinski definition) is 2. The Kier molecular flexibility index (Phi) is 7.30. The van der Waals surface area contributed by atoms with Crippen molar-refractivity contribution in [2.75, 3.05) is 14.1 Å². The first kappa shape index (κ1) is 19.9. The summed E-state index contributed by atoms with van der Waals surface area (Å²) >= 11 is 1.76. The molecule has 7 heteroatoms. The monoisotopic (exact) mass is 463 g/mol. The molecule has 2 fully saturated rings. The van der Waals surface area contributed by atoms with Crippen molar-refractivity contribution < 1.29 is 0 Å². The van der Waals surface area contributed by atoms with Gasteiger partial charge in [0.25, 0.3) is 0 Å². The van der Waals surface area contributed by atoms with Gasteiger partial charge in [-0.05, 0) is 46.6 Å². The molecule has 3 rings (SSSR count). The summed E-state index contributed by atoms with van der Waals surface area (Å²) < 4.78 is 0. The van der Waals surface area contributed by atoms with Crippen molar-refractivity contribution in [3.05, 3.63) is 15.6 Å². The van der Waals surface area contributed by atoms with Gasteiger partial charge in [0, 0.05) is 30.1 Å². The lowest BCUT2D eigenvalue weighted by Crippen LogP contribution is -2.56. The average Bonchev–Trinajstić information content (AvgIpc) is 2.83. The van der Waals surface area contributed by atoms with Gasteiger partial charge in [0.15, 0.2) is 5.96 Å². The van der Waals surface area contributed by atoms with Gasteiger partial charge in [-0.15, -0.1) is 35.3 Å². The van der Waals surface area contributed by atoms with Crippen LogP contribution in [0.2, 0.25) is 0 Å². The summed E-state index contributed by atoms with van der Waals surface area (Å²) in [7, 11) is 4.15. The summed E-state index contributed by atoms with van der Waals surface area (Å²) in [5.74, 6) is 0.906. The third-order valence-corrected chi connectivity index (χ3v) is 6.46. The molecule has 0 saturated carbocycles. The maximum Gasteiger partial charge on any atom is 0.191 e. The molecule has 0 radical (unpaired) electrons. The highest BCUT2D eigenvalue weighted by atomic mass is 127. The first-order chi connectivity index (χ1) is 11.1. The van der Waals surface area contributed by atoms with Gasteiger partial charge in [-0.25, -0.2) is 4.98 Å². The number of piperidine rings is 2. The van der Waals surface area contributed by atoms with E-state index in [1.807, 2.05) is 7.05 Å². The van der Waals surface area contributed by atoms with Crippen molar-refractivity contribution in [1.29, 1.82) is 0 Å². The van der Waals surface area contributed by atoms with Crippen LogP contribution in [0.4, 0.5) is 0 Å². The van der Waals surface area contributed by atoms with E-state index in [2.05, 4.69) is 46.4 Å². The number of thiazole rings is 1. The first-order valence-corrected chi connectivity index (χ1v) is 9.50. The minimum absolute atomic E-state index is 0. The number of halogens is 1. The Labute approximate surface area is 166 Å². The largest absolute Gasteiger partial charge is 0.354 e. The second-order valence-corrected chi connectivity index (χ2v) is 8.18. The fraction of sp³-hybridized carbons (Fsp3) is 0.765. The van der Waals surface area contributed by atoms with Gasteiger partial charge in [0.2, 0.25) is 0 Å². The van der Waals surface area contributed by atoms with Crippen molar-refractivity contribution in [2.45, 2.75) is 70.6 Å². The number of aliphatic imine (C=N–C) groups is 1. The first-order valence-electron chi connectivity index (χ1n) is 8.69. The number of aryl methyl sites for hydroxylation is 2. The lowest BCUT2D eigenvalue weighted by Gasteiger charge is -2.47. The van der Waals surface area contributed by atoms with Gasteiger partial charge < -0.3 is 15.5 Å². The summed E-state index contributed by atoms with van der Waals surface area (Å²) in [5, 5.41) is 8.19. The highest BCUT2D eigenvalue weighted by Gasteiger charge is 2.36. The third-order valence-electron chi connectivity index (χ3n) is 5.38. The standard InChI is InChI=1S/C17H29N5S.HI/c1-11-12(2)23-16(20-11)10-19-17(18-3)21-13-8-14-6-5-7-15(9-13)22(14)4;/h13-15H,5-10H2,1-4H3,(H2,18,19,21);1H. The molecule has 1 aromatic rings. The van der Waals surface area contributed by atoms with Crippen LogP contribution in [-0.2, 0) is 6.54 Å². The normalized spacial score (nSPS) is 27.5. The van der Waals surface area contributed by atoms with Crippen LogP contribution in [0, 0.1) is 13.8 Å². The molecule has 2 bridgehead atoms. The van der Waals surface area contributed by atoms with Crippen LogP contribution < -0.4 is 10.6 Å². The predicted octanol–water partition coefficient (Wildman–Crippen LogP) is 3.06. The number of nitrogens with zero attached hydrogens (tertiary/aromatic N) is 3. The molecule has 2 aliphatic heterocycles. The van der Waals surface area contributed by atoms with Crippen molar-refractivity contribution >= 4 is 41.3 Å². The summed E-state index contributed by atoms with van der Waals surface area (Å²) in [6.07, 6.45) is 6.53. The van der Waals surface area contributed by atoms with Crippen LogP contribution in [0.15, 0.2) is 4.99 Å². The number of nitrogens with one attached hydrogen (secondary N) is 2. The molecule has 0 aliphatic carbocycles. The maximum absolute atomic E-state index is 4.59. The van der Waals surface area contributed by atoms with E-state index in [0.29, 0.717) is 6.04 Å². The number of fused-ring (bicyclic) bond motifs is 2. The lowest BCUT2D eigenvalue weighted by molar-refractivity contribution is 0.0526. The lowest BCUT2D eigenvalue weighted by atomic mass is 9.82. The van der Waals surface area contributed by atoms with Crippen LogP contribution in [0.25, 0.3) is 0 Å². The molecule has 0 amide bonds. The number of guanidine groups is 1. The second kappa shape index (κ2) is 8.80. The smallest absolute Gasteiger partial charge is 0.191 e. The van der Waals surface area contributed by atoms with Crippen LogP contribution in [0.1, 0.15) is 47.7 Å². The Hall–Kier alpha value is -0.410. The number of rotatable bonds is 3. The Balaban J connectivity index is 0.00000208. The topological polar surface area (TPSA) is 52.6 Å². The molecule has 1 aromatic heterocycles. The van der Waals surface area contributed by atoms with Gasteiger partial charge in [-0.1, -0.05) is 6.42 Å². The summed E-state index contributed by atoms with van der Waals surface area (Å²) in [6, 6.07) is 2.01. The van der Waals surface area contributed by atoms with E-state index in [9.17, 15) is 0 Å². The van der Waals surface area contributed by atoms with Crippen molar-refractivity contribution in [1.82, 2.24) is 20.5 Å². The fourth-order valence-corrected chi connectivity index (χ4v) is 4.77. The Morgan fingerprint density at radius 1 is 1.29 bits per heavy atom. The molecule has 2 N–H and O–H groups in total. The molecule has 2 unspecified atom stereocenters. The van der Waals surface area contributed by atoms with E-state index in [1.165, 1.54) is 37.0 Å². The van der Waals surface area contributed by atoms with E-state index >= 15 is 0 Å². The number of aromatic nitrogens is 1. The molecular formula is C17H30IN5S. The molecule has 24 heavy (non-hydrogen) atoms. The van der Waals surface area contributed by atoms with E-state index in [0.717, 1.165) is 35.3 Å². The van der Waals surface area contributed by atoms with Crippen LogP contribution in [-0.4, -0.2) is 48.1 Å². The van der Waals surface area contributed by atoms with Crippen molar-refractivity contribution in [3.63, 3.8) is 0 Å². The minimum atomic E-state index is 0. The maximum atomic E-state index is 4.59. The zero-order valence-corrected chi connectivity index (χ0v) is 18.3. The SMILES string of the molecule is CN=C(NCc1nc(C)c(C)s1)NC1CC2CCCC(C1)N2C.I. The summed E-state index contributed by atoms with van der Waals surface area (Å²) in [5.41, 5.74) is 1.14. The van der Waals surface area contributed by atoms with Crippen LogP contribution in [0.5, 0.6) is 0 Å². The highest BCUT2D eigenvalue weighted by molar-refractivity contribution is 14.0. The minimum Gasteiger partial charge on any atom is -0.354 e. The predicted molar refractivity (Wildman–Crippen MR) is 113 cm³/mol. The van der Waals surface area contributed by atoms with Gasteiger partial charge in [-0.3, -0.25) is 4.99 Å². The van der Waals surface area contributed by atoms with Gasteiger partial charge >= 0.3 is 0 Å². The van der Waals surface area contributed by atoms with E-state index < -0.39 is 0 Å². The number of hydrogen-bond acceptors (Lipinski definition) is 4.